The van der Waals surface area contributed by atoms with E-state index in [1.165, 1.54) is 18.3 Å². The number of ether oxygens (including phenoxy) is 3. The number of methoxy groups -OCH3 is 2. The SMILES string of the molecule is COc1cc(C=c2sc3n(c2=O)C(c2c(OC)ccc4ccccc24)C(C(C)=O)=C(C)N=3)c(Br)cc1OCc1ccccc1C#N. The Labute approximate surface area is 277 Å². The van der Waals surface area contributed by atoms with E-state index in [9.17, 15) is 14.9 Å². The molecule has 8 nitrogen and oxygen atoms in total. The van der Waals surface area contributed by atoms with Crippen molar-refractivity contribution in [1.82, 2.24) is 4.57 Å². The Morgan fingerprint density at radius 3 is 2.52 bits per heavy atom. The second-order valence-electron chi connectivity index (χ2n) is 10.6. The first kappa shape index (κ1) is 31.0. The van der Waals surface area contributed by atoms with Gasteiger partial charge in [-0.25, -0.2) is 4.99 Å². The molecule has 1 unspecified atom stereocenters. The van der Waals surface area contributed by atoms with E-state index in [2.05, 4.69) is 22.0 Å². The highest BCUT2D eigenvalue weighted by molar-refractivity contribution is 9.10. The standard InChI is InChI=1S/C36H28BrN3O5S/c1-20-32(21(2)41)34(33-26-12-8-7-9-22(26)13-14-28(33)43-3)40-35(42)31(46-36(40)39-20)16-25-15-29(44-4)30(17-27(25)37)45-19-24-11-6-5-10-23(24)18-38/h5-17,34H,19H2,1-4H3. The van der Waals surface area contributed by atoms with Gasteiger partial charge in [-0.05, 0) is 60.5 Å². The summed E-state index contributed by atoms with van der Waals surface area (Å²) in [6, 6.07) is 23.9. The largest absolute Gasteiger partial charge is 0.496 e. The average molecular weight is 695 g/mol. The van der Waals surface area contributed by atoms with Crippen molar-refractivity contribution < 1.29 is 19.0 Å². The Morgan fingerprint density at radius 1 is 1.04 bits per heavy atom. The Bertz CT molecular complexity index is 2300. The van der Waals surface area contributed by atoms with Crippen LogP contribution < -0.4 is 29.1 Å². The lowest BCUT2D eigenvalue weighted by molar-refractivity contribution is -0.114. The molecule has 1 aliphatic heterocycles. The van der Waals surface area contributed by atoms with Gasteiger partial charge in [-0.1, -0.05) is 75.8 Å². The first-order chi connectivity index (χ1) is 22.2. The van der Waals surface area contributed by atoms with Crippen molar-refractivity contribution in [1.29, 1.82) is 5.26 Å². The molecule has 0 N–H and O–H groups in total. The van der Waals surface area contributed by atoms with Crippen molar-refractivity contribution in [2.45, 2.75) is 26.5 Å². The fraction of sp³-hybridized carbons (Fsp3) is 0.167. The minimum absolute atomic E-state index is 0.170. The molecule has 6 rings (SSSR count). The van der Waals surface area contributed by atoms with Crippen LogP contribution in [0.15, 0.2) is 98.3 Å². The lowest BCUT2D eigenvalue weighted by Crippen LogP contribution is -2.39. The van der Waals surface area contributed by atoms with Gasteiger partial charge in [-0.2, -0.15) is 5.26 Å². The number of nitriles is 1. The zero-order chi connectivity index (χ0) is 32.5. The molecule has 0 saturated carbocycles. The number of carbonyl (C=O) groups excluding carboxylic acids is 1. The normalized spacial score (nSPS) is 14.4. The maximum absolute atomic E-state index is 14.3. The second-order valence-corrected chi connectivity index (χ2v) is 12.5. The monoisotopic (exact) mass is 693 g/mol. The molecule has 2 heterocycles. The summed E-state index contributed by atoms with van der Waals surface area (Å²) in [7, 11) is 3.13. The van der Waals surface area contributed by atoms with Crippen molar-refractivity contribution in [3.05, 3.63) is 130 Å². The predicted molar refractivity (Wildman–Crippen MR) is 181 cm³/mol. The van der Waals surface area contributed by atoms with Crippen LogP contribution in [0.5, 0.6) is 17.2 Å². The van der Waals surface area contributed by atoms with Gasteiger partial charge in [0.05, 0.1) is 36.4 Å². The average Bonchev–Trinajstić information content (AvgIpc) is 3.37. The molecule has 1 atom stereocenters. The minimum atomic E-state index is -0.734. The highest BCUT2D eigenvalue weighted by Crippen LogP contribution is 2.40. The summed E-state index contributed by atoms with van der Waals surface area (Å²) in [5.41, 5.74) is 3.43. The van der Waals surface area contributed by atoms with E-state index < -0.39 is 6.04 Å². The number of fused-ring (bicyclic) bond motifs is 2. The van der Waals surface area contributed by atoms with Gasteiger partial charge in [0.2, 0.25) is 0 Å². The van der Waals surface area contributed by atoms with Crippen LogP contribution in [0.3, 0.4) is 0 Å². The van der Waals surface area contributed by atoms with Gasteiger partial charge < -0.3 is 14.2 Å². The molecule has 0 amide bonds. The summed E-state index contributed by atoms with van der Waals surface area (Å²) in [5, 5.41) is 11.3. The molecule has 4 aromatic carbocycles. The van der Waals surface area contributed by atoms with Crippen LogP contribution >= 0.6 is 27.3 Å². The molecule has 10 heteroatoms. The number of thiazole rings is 1. The Balaban J connectivity index is 1.48. The van der Waals surface area contributed by atoms with Gasteiger partial charge in [-0.15, -0.1) is 0 Å². The molecule has 46 heavy (non-hydrogen) atoms. The molecular weight excluding hydrogens is 666 g/mol. The first-order valence-electron chi connectivity index (χ1n) is 14.3. The molecule has 0 bridgehead atoms. The zero-order valence-electron chi connectivity index (χ0n) is 25.5. The predicted octanol–water partition coefficient (Wildman–Crippen LogP) is 6.21. The van der Waals surface area contributed by atoms with Crippen molar-refractivity contribution in [2.75, 3.05) is 14.2 Å². The van der Waals surface area contributed by atoms with E-state index in [4.69, 9.17) is 19.2 Å². The highest BCUT2D eigenvalue weighted by Gasteiger charge is 2.34. The summed E-state index contributed by atoms with van der Waals surface area (Å²) in [4.78, 5) is 32.6. The van der Waals surface area contributed by atoms with Crippen LogP contribution in [-0.4, -0.2) is 24.6 Å². The second kappa shape index (κ2) is 12.8. The van der Waals surface area contributed by atoms with Gasteiger partial charge in [0.1, 0.15) is 12.4 Å². The molecule has 0 aliphatic carbocycles. The van der Waals surface area contributed by atoms with Gasteiger partial charge in [0.25, 0.3) is 5.56 Å². The van der Waals surface area contributed by atoms with Gasteiger partial charge >= 0.3 is 0 Å². The molecule has 0 saturated heterocycles. The van der Waals surface area contributed by atoms with Crippen LogP contribution in [0.1, 0.15) is 42.1 Å². The van der Waals surface area contributed by atoms with Gasteiger partial charge in [-0.3, -0.25) is 14.2 Å². The third kappa shape index (κ3) is 5.53. The molecule has 5 aromatic rings. The lowest BCUT2D eigenvalue weighted by atomic mass is 9.89. The Hall–Kier alpha value is -4.98. The van der Waals surface area contributed by atoms with Crippen LogP contribution in [-0.2, 0) is 11.4 Å². The first-order valence-corrected chi connectivity index (χ1v) is 15.9. The van der Waals surface area contributed by atoms with Crippen molar-refractivity contribution in [3.8, 4) is 23.3 Å². The number of nitrogens with zero attached hydrogens (tertiary/aromatic N) is 3. The maximum Gasteiger partial charge on any atom is 0.271 e. The number of benzene rings is 4. The fourth-order valence-corrected chi connectivity index (χ4v) is 7.24. The van der Waals surface area contributed by atoms with Crippen molar-refractivity contribution in [3.63, 3.8) is 0 Å². The summed E-state index contributed by atoms with van der Waals surface area (Å²) in [6.45, 7) is 3.48. The summed E-state index contributed by atoms with van der Waals surface area (Å²) < 4.78 is 20.2. The number of rotatable bonds is 8. The third-order valence-electron chi connectivity index (χ3n) is 7.92. The number of hydrogen-bond acceptors (Lipinski definition) is 8. The van der Waals surface area contributed by atoms with Crippen LogP contribution in [0, 0.1) is 11.3 Å². The van der Waals surface area contributed by atoms with E-state index >= 15 is 0 Å². The fourth-order valence-electron chi connectivity index (χ4n) is 5.77. The molecular formula is C36H28BrN3O5S. The topological polar surface area (TPSA) is 103 Å². The molecule has 230 valence electrons. The van der Waals surface area contributed by atoms with Gasteiger partial charge in [0.15, 0.2) is 22.1 Å². The van der Waals surface area contributed by atoms with E-state index in [1.807, 2.05) is 48.5 Å². The summed E-state index contributed by atoms with van der Waals surface area (Å²) >= 11 is 4.88. The third-order valence-corrected chi connectivity index (χ3v) is 9.59. The Kier molecular flexibility index (Phi) is 8.63. The quantitative estimate of drug-likeness (QED) is 0.192. The van der Waals surface area contributed by atoms with E-state index in [0.29, 0.717) is 53.5 Å². The summed E-state index contributed by atoms with van der Waals surface area (Å²) in [5.74, 6) is 1.35. The van der Waals surface area contributed by atoms with Crippen LogP contribution in [0.2, 0.25) is 0 Å². The molecule has 1 aliphatic rings. The van der Waals surface area contributed by atoms with Crippen LogP contribution in [0.4, 0.5) is 0 Å². The lowest BCUT2D eigenvalue weighted by Gasteiger charge is -2.27. The molecule has 1 aromatic heterocycles. The number of Topliss-reactive ketones (excluding diaryl/α,β-unsaturated/α-hetero) is 1. The van der Waals surface area contributed by atoms with E-state index in [-0.39, 0.29) is 17.9 Å². The number of hydrogen-bond donors (Lipinski definition) is 0. The van der Waals surface area contributed by atoms with Crippen molar-refractivity contribution in [2.24, 2.45) is 4.99 Å². The minimum Gasteiger partial charge on any atom is -0.496 e. The Morgan fingerprint density at radius 2 is 1.78 bits per heavy atom. The molecule has 0 radical (unpaired) electrons. The van der Waals surface area contributed by atoms with E-state index in [0.717, 1.165) is 21.9 Å². The number of halogens is 1. The highest BCUT2D eigenvalue weighted by atomic mass is 79.9. The van der Waals surface area contributed by atoms with E-state index in [1.54, 1.807) is 56.1 Å². The van der Waals surface area contributed by atoms with Gasteiger partial charge in [0, 0.05) is 26.9 Å². The number of carbonyl (C=O) groups is 1. The smallest absolute Gasteiger partial charge is 0.271 e. The number of allylic oxidation sites excluding steroid dienone is 2. The number of ketones is 1. The zero-order valence-corrected chi connectivity index (χ0v) is 27.9. The summed E-state index contributed by atoms with van der Waals surface area (Å²) in [6.07, 6.45) is 1.77. The molecule has 0 fully saturated rings. The number of aromatic nitrogens is 1. The van der Waals surface area contributed by atoms with Crippen molar-refractivity contribution >= 4 is 49.9 Å². The van der Waals surface area contributed by atoms with Crippen LogP contribution in [0.25, 0.3) is 16.8 Å². The molecule has 0 spiro atoms. The maximum atomic E-state index is 14.3.